The number of aryl methyl sites for hydroxylation is 3. The van der Waals surface area contributed by atoms with Gasteiger partial charge in [-0.25, -0.2) is 4.39 Å². The van der Waals surface area contributed by atoms with Gasteiger partial charge in [0.1, 0.15) is 23.9 Å². The lowest BCUT2D eigenvalue weighted by molar-refractivity contribution is 0.102. The zero-order valence-electron chi connectivity index (χ0n) is 14.8. The molecule has 0 aliphatic rings. The Balaban J connectivity index is 1.77. The number of ether oxygens (including phenoxy) is 1. The van der Waals surface area contributed by atoms with E-state index in [0.29, 0.717) is 28.3 Å². The lowest BCUT2D eigenvalue weighted by Gasteiger charge is -2.12. The number of para-hydroxylation sites is 1. The van der Waals surface area contributed by atoms with Crippen LogP contribution in [0, 0.1) is 26.6 Å². The first-order valence-electron chi connectivity index (χ1n) is 8.17. The van der Waals surface area contributed by atoms with Crippen molar-refractivity contribution in [3.63, 3.8) is 0 Å². The molecule has 0 saturated carbocycles. The third-order valence-electron chi connectivity index (χ3n) is 4.11. The number of aromatic nitrogens is 1. The van der Waals surface area contributed by atoms with Crippen molar-refractivity contribution in [2.45, 2.75) is 27.4 Å². The molecule has 5 nitrogen and oxygen atoms in total. The molecule has 1 N–H and O–H groups in total. The first-order valence-corrected chi connectivity index (χ1v) is 8.17. The predicted molar refractivity (Wildman–Crippen MR) is 95.8 cm³/mol. The zero-order chi connectivity index (χ0) is 18.7. The molecule has 0 bridgehead atoms. The highest BCUT2D eigenvalue weighted by molar-refractivity contribution is 6.06. The number of carbonyl (C=O) groups is 1. The van der Waals surface area contributed by atoms with Gasteiger partial charge in [0.05, 0.1) is 16.8 Å². The van der Waals surface area contributed by atoms with Crippen molar-refractivity contribution in [1.29, 1.82) is 0 Å². The van der Waals surface area contributed by atoms with Gasteiger partial charge < -0.3 is 14.6 Å². The normalized spacial score (nSPS) is 10.6. The summed E-state index contributed by atoms with van der Waals surface area (Å²) in [5.41, 5.74) is 2.87. The Morgan fingerprint density at radius 1 is 1.19 bits per heavy atom. The van der Waals surface area contributed by atoms with Crippen LogP contribution in [0.2, 0.25) is 0 Å². The zero-order valence-corrected chi connectivity index (χ0v) is 14.8. The van der Waals surface area contributed by atoms with Crippen LogP contribution in [0.3, 0.4) is 0 Å². The second-order valence-electron chi connectivity index (χ2n) is 6.01. The van der Waals surface area contributed by atoms with Crippen LogP contribution < -0.4 is 10.1 Å². The van der Waals surface area contributed by atoms with E-state index in [0.717, 1.165) is 11.3 Å². The number of anilines is 1. The summed E-state index contributed by atoms with van der Waals surface area (Å²) in [6, 6.07) is 11.5. The van der Waals surface area contributed by atoms with Crippen LogP contribution in [0.5, 0.6) is 5.75 Å². The fourth-order valence-electron chi connectivity index (χ4n) is 2.51. The van der Waals surface area contributed by atoms with E-state index >= 15 is 0 Å². The van der Waals surface area contributed by atoms with Gasteiger partial charge in [-0.1, -0.05) is 23.4 Å². The summed E-state index contributed by atoms with van der Waals surface area (Å²) in [6.07, 6.45) is 0. The molecular weight excluding hydrogens is 335 g/mol. The maximum absolute atomic E-state index is 13.7. The average molecular weight is 354 g/mol. The monoisotopic (exact) mass is 354 g/mol. The lowest BCUT2D eigenvalue weighted by Crippen LogP contribution is -2.14. The Bertz CT molecular complexity index is 930. The number of benzene rings is 2. The number of nitrogens with zero attached hydrogens (tertiary/aromatic N) is 1. The van der Waals surface area contributed by atoms with Crippen LogP contribution in [-0.4, -0.2) is 11.1 Å². The van der Waals surface area contributed by atoms with Crippen molar-refractivity contribution in [3.8, 4) is 5.75 Å². The van der Waals surface area contributed by atoms with Crippen LogP contribution in [0.4, 0.5) is 10.1 Å². The van der Waals surface area contributed by atoms with Crippen LogP contribution in [0.1, 0.15) is 32.9 Å². The predicted octanol–water partition coefficient (Wildman–Crippen LogP) is 4.57. The molecule has 0 spiro atoms. The van der Waals surface area contributed by atoms with Gasteiger partial charge in [0, 0.05) is 5.69 Å². The van der Waals surface area contributed by atoms with Gasteiger partial charge in [-0.05, 0) is 50.6 Å². The minimum atomic E-state index is -0.373. The van der Waals surface area contributed by atoms with Gasteiger partial charge in [0.2, 0.25) is 0 Å². The Morgan fingerprint density at radius 3 is 2.65 bits per heavy atom. The molecule has 0 unspecified atom stereocenters. The molecule has 2 aromatic carbocycles. The molecule has 0 aliphatic heterocycles. The van der Waals surface area contributed by atoms with E-state index < -0.39 is 0 Å². The minimum absolute atomic E-state index is 0.241. The second-order valence-corrected chi connectivity index (χ2v) is 6.01. The van der Waals surface area contributed by atoms with Crippen LogP contribution in [0.25, 0.3) is 0 Å². The standard InChI is InChI=1S/C20H19FN2O3/c1-12-8-9-15(10-18(12)21)22-20(24)16-6-4-5-7-19(16)25-11-17-13(2)23-26-14(17)3/h4-10H,11H2,1-3H3,(H,22,24). The number of hydrogen-bond acceptors (Lipinski definition) is 4. The molecule has 1 heterocycles. The van der Waals surface area contributed by atoms with Crippen LogP contribution in [0.15, 0.2) is 47.0 Å². The van der Waals surface area contributed by atoms with Crippen molar-refractivity contribution in [3.05, 3.63) is 76.4 Å². The summed E-state index contributed by atoms with van der Waals surface area (Å²) in [5, 5.41) is 6.58. The number of hydrogen-bond donors (Lipinski definition) is 1. The number of halogens is 1. The highest BCUT2D eigenvalue weighted by atomic mass is 19.1. The van der Waals surface area contributed by atoms with Gasteiger partial charge in [0.25, 0.3) is 5.91 Å². The molecule has 1 amide bonds. The van der Waals surface area contributed by atoms with Gasteiger partial charge in [-0.15, -0.1) is 0 Å². The van der Waals surface area contributed by atoms with Crippen molar-refractivity contribution >= 4 is 11.6 Å². The van der Waals surface area contributed by atoms with E-state index in [9.17, 15) is 9.18 Å². The lowest BCUT2D eigenvalue weighted by atomic mass is 10.1. The largest absolute Gasteiger partial charge is 0.488 e. The Kier molecular flexibility index (Phi) is 5.02. The summed E-state index contributed by atoms with van der Waals surface area (Å²) in [4.78, 5) is 12.6. The molecular formula is C20H19FN2O3. The van der Waals surface area contributed by atoms with Crippen LogP contribution in [-0.2, 0) is 6.61 Å². The first kappa shape index (κ1) is 17.7. The fraction of sp³-hybridized carbons (Fsp3) is 0.200. The molecule has 0 aliphatic carbocycles. The molecule has 3 rings (SSSR count). The van der Waals surface area contributed by atoms with E-state index in [1.54, 1.807) is 43.3 Å². The summed E-state index contributed by atoms with van der Waals surface area (Å²) < 4.78 is 24.6. The molecule has 6 heteroatoms. The molecule has 0 saturated heterocycles. The smallest absolute Gasteiger partial charge is 0.259 e. The summed E-state index contributed by atoms with van der Waals surface area (Å²) in [7, 11) is 0. The van der Waals surface area contributed by atoms with Gasteiger partial charge >= 0.3 is 0 Å². The summed E-state index contributed by atoms with van der Waals surface area (Å²) >= 11 is 0. The number of carbonyl (C=O) groups excluding carboxylic acids is 1. The highest BCUT2D eigenvalue weighted by Crippen LogP contribution is 2.23. The van der Waals surface area contributed by atoms with Crippen molar-refractivity contribution in [2.75, 3.05) is 5.32 Å². The molecule has 1 aromatic heterocycles. The SMILES string of the molecule is Cc1ccc(NC(=O)c2ccccc2OCc2c(C)noc2C)cc1F. The van der Waals surface area contributed by atoms with Gasteiger partial charge in [0.15, 0.2) is 0 Å². The maximum atomic E-state index is 13.7. The van der Waals surface area contributed by atoms with E-state index in [2.05, 4.69) is 10.5 Å². The number of rotatable bonds is 5. The topological polar surface area (TPSA) is 64.4 Å². The van der Waals surface area contributed by atoms with Gasteiger partial charge in [-0.3, -0.25) is 4.79 Å². The Labute approximate surface area is 150 Å². The summed E-state index contributed by atoms with van der Waals surface area (Å²) in [5.74, 6) is 0.366. The van der Waals surface area contributed by atoms with E-state index in [4.69, 9.17) is 9.26 Å². The Hall–Kier alpha value is -3.15. The Morgan fingerprint density at radius 2 is 1.96 bits per heavy atom. The first-order chi connectivity index (χ1) is 12.5. The van der Waals surface area contributed by atoms with Crippen molar-refractivity contribution < 1.29 is 18.4 Å². The number of amides is 1. The third-order valence-corrected chi connectivity index (χ3v) is 4.11. The molecule has 0 radical (unpaired) electrons. The van der Waals surface area contributed by atoms with E-state index in [1.165, 1.54) is 6.07 Å². The number of nitrogens with one attached hydrogen (secondary N) is 1. The molecule has 3 aromatic rings. The van der Waals surface area contributed by atoms with E-state index in [-0.39, 0.29) is 18.3 Å². The maximum Gasteiger partial charge on any atom is 0.259 e. The molecule has 134 valence electrons. The second kappa shape index (κ2) is 7.39. The summed E-state index contributed by atoms with van der Waals surface area (Å²) in [6.45, 7) is 5.55. The van der Waals surface area contributed by atoms with Crippen LogP contribution >= 0.6 is 0 Å². The highest BCUT2D eigenvalue weighted by Gasteiger charge is 2.15. The molecule has 26 heavy (non-hydrogen) atoms. The third kappa shape index (κ3) is 3.74. The van der Waals surface area contributed by atoms with Crippen molar-refractivity contribution in [1.82, 2.24) is 5.16 Å². The average Bonchev–Trinajstić information content (AvgIpc) is 2.94. The van der Waals surface area contributed by atoms with Crippen molar-refractivity contribution in [2.24, 2.45) is 0 Å². The fourth-order valence-corrected chi connectivity index (χ4v) is 2.51. The quantitative estimate of drug-likeness (QED) is 0.729. The van der Waals surface area contributed by atoms with Gasteiger partial charge in [-0.2, -0.15) is 0 Å². The molecule has 0 atom stereocenters. The van der Waals surface area contributed by atoms with E-state index in [1.807, 2.05) is 13.8 Å². The molecule has 0 fully saturated rings. The minimum Gasteiger partial charge on any atom is -0.488 e.